The average molecular weight is 214 g/mol. The number of urea groups is 1. The minimum Gasteiger partial charge on any atom is -0.355 e. The normalized spacial score (nSPS) is 16.8. The predicted octanol–water partition coefficient (Wildman–Crippen LogP) is 0.192. The second-order valence-corrected chi connectivity index (χ2v) is 2.47. The van der Waals surface area contributed by atoms with Crippen LogP contribution in [0.3, 0.4) is 0 Å². The molecular formula is C9H12N4O2. The Bertz CT molecular complexity index is 525. The molecule has 0 aromatic carbocycles. The smallest absolute Gasteiger partial charge is 0.320 e. The van der Waals surface area contributed by atoms with Crippen molar-refractivity contribution >= 4 is 17.8 Å². The number of carbonyl (C=O) groups excluding carboxylic acids is 2. The zero-order valence-electron chi connectivity index (χ0n) is 13.5. The van der Waals surface area contributed by atoms with E-state index in [4.69, 9.17) is 8.22 Å². The number of pyridine rings is 1. The minimum atomic E-state index is -2.64. The monoisotopic (exact) mass is 214 g/mol. The van der Waals surface area contributed by atoms with E-state index >= 15 is 0 Å². The van der Waals surface area contributed by atoms with Crippen LogP contribution in [0.15, 0.2) is 18.3 Å². The molecule has 0 spiro atoms. The first-order chi connectivity index (χ1) is 9.46. The molecule has 0 saturated carbocycles. The third-order valence-corrected chi connectivity index (χ3v) is 1.49. The van der Waals surface area contributed by atoms with Crippen molar-refractivity contribution in [2.45, 2.75) is 0 Å². The summed E-state index contributed by atoms with van der Waals surface area (Å²) in [6.45, 7) is -5.25. The Morgan fingerprint density at radius 3 is 2.73 bits per heavy atom. The maximum absolute atomic E-state index is 11.5. The van der Waals surface area contributed by atoms with Crippen LogP contribution in [-0.4, -0.2) is 30.9 Å². The molecule has 3 amide bonds. The van der Waals surface area contributed by atoms with Gasteiger partial charge in [-0.05, 0) is 12.1 Å². The molecule has 3 N–H and O–H groups in total. The molecule has 6 heteroatoms. The number of hydrogen-bond donors (Lipinski definition) is 3. The van der Waals surface area contributed by atoms with E-state index in [1.165, 1.54) is 12.1 Å². The first-order valence-corrected chi connectivity index (χ1v) is 3.84. The standard InChI is InChI=1S/C9H12N4O2/c1-10-8(14)6-3-4-7(12-5-6)13-9(15)11-2/h3-5H,1-2H3,(H,10,14)(H2,11,12,13,15)/i1D3,2D3. The molecule has 1 rings (SSSR count). The Hall–Kier alpha value is -2.11. The van der Waals surface area contributed by atoms with Crippen LogP contribution in [-0.2, 0) is 0 Å². The Morgan fingerprint density at radius 2 is 2.13 bits per heavy atom. The number of anilines is 1. The van der Waals surface area contributed by atoms with E-state index in [1.807, 2.05) is 0 Å². The molecule has 0 atom stereocenters. The van der Waals surface area contributed by atoms with Gasteiger partial charge in [0.15, 0.2) is 0 Å². The van der Waals surface area contributed by atoms with Crippen LogP contribution in [0.1, 0.15) is 18.6 Å². The summed E-state index contributed by atoms with van der Waals surface area (Å²) in [6.07, 6.45) is 1.05. The van der Waals surface area contributed by atoms with E-state index in [9.17, 15) is 9.59 Å². The van der Waals surface area contributed by atoms with Crippen molar-refractivity contribution < 1.29 is 17.8 Å². The quantitative estimate of drug-likeness (QED) is 0.657. The zero-order valence-corrected chi connectivity index (χ0v) is 7.50. The van der Waals surface area contributed by atoms with Crippen LogP contribution < -0.4 is 16.0 Å². The molecule has 0 unspecified atom stereocenters. The fourth-order valence-corrected chi connectivity index (χ4v) is 0.822. The first-order valence-electron chi connectivity index (χ1n) is 6.84. The van der Waals surface area contributed by atoms with Gasteiger partial charge in [0.1, 0.15) is 5.82 Å². The van der Waals surface area contributed by atoms with Gasteiger partial charge < -0.3 is 10.6 Å². The molecule has 0 saturated heterocycles. The number of hydrogen-bond acceptors (Lipinski definition) is 3. The Morgan fingerprint density at radius 1 is 1.33 bits per heavy atom. The van der Waals surface area contributed by atoms with Crippen LogP contribution in [0, 0.1) is 0 Å². The summed E-state index contributed by atoms with van der Waals surface area (Å²) in [5.74, 6) is -0.844. The lowest BCUT2D eigenvalue weighted by Crippen LogP contribution is -2.25. The Kier molecular flexibility index (Phi) is 1.68. The molecular weight excluding hydrogens is 196 g/mol. The largest absolute Gasteiger partial charge is 0.355 e. The van der Waals surface area contributed by atoms with Crippen LogP contribution in [0.25, 0.3) is 0 Å². The highest BCUT2D eigenvalue weighted by Crippen LogP contribution is 2.04. The Balaban J connectivity index is 2.66. The number of aromatic nitrogens is 1. The van der Waals surface area contributed by atoms with Crippen LogP contribution in [0.5, 0.6) is 0 Å². The second kappa shape index (κ2) is 4.94. The molecule has 0 fully saturated rings. The maximum atomic E-state index is 11.5. The summed E-state index contributed by atoms with van der Waals surface area (Å²) in [6, 6.07) is 1.48. The van der Waals surface area contributed by atoms with Crippen molar-refractivity contribution in [3.63, 3.8) is 0 Å². The van der Waals surface area contributed by atoms with Crippen LogP contribution in [0.2, 0.25) is 0 Å². The van der Waals surface area contributed by atoms with E-state index in [0.717, 1.165) is 6.20 Å². The highest BCUT2D eigenvalue weighted by molar-refractivity contribution is 5.94. The van der Waals surface area contributed by atoms with Gasteiger partial charge in [0, 0.05) is 28.4 Å². The zero-order chi connectivity index (χ0) is 16.3. The lowest BCUT2D eigenvalue weighted by atomic mass is 10.2. The number of nitrogens with one attached hydrogen (secondary N) is 3. The molecule has 0 aliphatic carbocycles. The fraction of sp³-hybridized carbons (Fsp3) is 0.222. The van der Waals surface area contributed by atoms with Gasteiger partial charge in [0.2, 0.25) is 0 Å². The molecule has 15 heavy (non-hydrogen) atoms. The number of carbonyl (C=O) groups is 2. The molecule has 0 radical (unpaired) electrons. The van der Waals surface area contributed by atoms with E-state index in [0.29, 0.717) is 0 Å². The van der Waals surface area contributed by atoms with Gasteiger partial charge in [-0.25, -0.2) is 9.78 Å². The summed E-state index contributed by atoms with van der Waals surface area (Å²) in [5.41, 5.74) is -0.0205. The summed E-state index contributed by atoms with van der Waals surface area (Å²) in [4.78, 5) is 26.5. The fourth-order valence-electron chi connectivity index (χ4n) is 0.822. The summed E-state index contributed by atoms with van der Waals surface area (Å²) in [7, 11) is 0. The van der Waals surface area contributed by atoms with Crippen molar-refractivity contribution in [1.82, 2.24) is 15.6 Å². The third kappa shape index (κ3) is 2.94. The SMILES string of the molecule is [2H]C([2H])([2H])NC(=O)Nc1ccc(C(=O)NC([2H])([2H])[2H])cn1. The number of amides is 3. The minimum absolute atomic E-state index is 0.00202. The highest BCUT2D eigenvalue weighted by atomic mass is 16.2. The number of nitrogens with zero attached hydrogens (tertiary/aromatic N) is 1. The van der Waals surface area contributed by atoms with Gasteiger partial charge >= 0.3 is 6.03 Å². The van der Waals surface area contributed by atoms with Gasteiger partial charge in [-0.2, -0.15) is 0 Å². The predicted molar refractivity (Wildman–Crippen MR) is 55.7 cm³/mol. The molecule has 6 nitrogen and oxygen atoms in total. The third-order valence-electron chi connectivity index (χ3n) is 1.49. The number of rotatable bonds is 2. The molecule has 1 aromatic heterocycles. The molecule has 1 aromatic rings. The highest BCUT2D eigenvalue weighted by Gasteiger charge is 2.04. The van der Waals surface area contributed by atoms with Crippen molar-refractivity contribution in [3.05, 3.63) is 23.9 Å². The van der Waals surface area contributed by atoms with Gasteiger partial charge in [0.05, 0.1) is 5.56 Å². The summed E-state index contributed by atoms with van der Waals surface area (Å²) >= 11 is 0. The summed E-state index contributed by atoms with van der Waals surface area (Å²) < 4.78 is 41.2. The lowest BCUT2D eigenvalue weighted by Gasteiger charge is -2.03. The van der Waals surface area contributed by atoms with E-state index in [2.05, 4.69) is 10.3 Å². The van der Waals surface area contributed by atoms with Crippen LogP contribution >= 0.6 is 0 Å². The molecule has 1 heterocycles. The van der Waals surface area contributed by atoms with Crippen molar-refractivity contribution in [3.8, 4) is 0 Å². The lowest BCUT2D eigenvalue weighted by molar-refractivity contribution is 0.0963. The van der Waals surface area contributed by atoms with Crippen LogP contribution in [0.4, 0.5) is 10.6 Å². The van der Waals surface area contributed by atoms with E-state index < -0.39 is 25.9 Å². The molecule has 80 valence electrons. The van der Waals surface area contributed by atoms with E-state index in [-0.39, 0.29) is 11.4 Å². The Labute approximate surface area is 95.5 Å². The van der Waals surface area contributed by atoms with Gasteiger partial charge in [-0.1, -0.05) is 0 Å². The van der Waals surface area contributed by atoms with Crippen molar-refractivity contribution in [2.75, 3.05) is 19.3 Å². The van der Waals surface area contributed by atoms with Gasteiger partial charge in [0.25, 0.3) is 5.91 Å². The van der Waals surface area contributed by atoms with E-state index in [1.54, 1.807) is 10.6 Å². The average Bonchev–Trinajstić information content (AvgIpc) is 2.24. The first kappa shape index (κ1) is 5.11. The molecule has 0 aliphatic heterocycles. The van der Waals surface area contributed by atoms with Gasteiger partial charge in [-0.3, -0.25) is 10.1 Å². The van der Waals surface area contributed by atoms with Crippen molar-refractivity contribution in [1.29, 1.82) is 0 Å². The second-order valence-electron chi connectivity index (χ2n) is 2.47. The molecule has 0 aliphatic rings. The summed E-state index contributed by atoms with van der Waals surface area (Å²) in [5, 5.41) is 5.61. The molecule has 0 bridgehead atoms. The van der Waals surface area contributed by atoms with Gasteiger partial charge in [-0.15, -0.1) is 0 Å². The maximum Gasteiger partial charge on any atom is 0.320 e. The van der Waals surface area contributed by atoms with Crippen molar-refractivity contribution in [2.24, 2.45) is 0 Å². The topological polar surface area (TPSA) is 83.1 Å².